The zero-order chi connectivity index (χ0) is 16.8. The number of hydrogen-bond acceptors (Lipinski definition) is 7. The Balaban J connectivity index is 3.16. The van der Waals surface area contributed by atoms with Crippen molar-refractivity contribution in [1.82, 2.24) is 10.6 Å². The topological polar surface area (TPSA) is 89.0 Å². The first-order valence-electron chi connectivity index (χ1n) is 6.41. The Morgan fingerprint density at radius 3 is 2.36 bits per heavy atom. The fourth-order valence-corrected chi connectivity index (χ4v) is 2.31. The minimum atomic E-state index is -5.17. The van der Waals surface area contributed by atoms with E-state index in [9.17, 15) is 22.8 Å². The number of aliphatic imine (C=N–C) groups is 1. The van der Waals surface area contributed by atoms with Crippen LogP contribution in [0.3, 0.4) is 0 Å². The van der Waals surface area contributed by atoms with Gasteiger partial charge in [-0.3, -0.25) is 10.3 Å². The monoisotopic (exact) mass is 343 g/mol. The summed E-state index contributed by atoms with van der Waals surface area (Å²) in [6.07, 6.45) is -6.57. The number of alkyl halides is 3. The van der Waals surface area contributed by atoms with Gasteiger partial charge in [0, 0.05) is 5.75 Å². The second kappa shape index (κ2) is 7.56. The Morgan fingerprint density at radius 2 is 1.91 bits per heavy atom. The lowest BCUT2D eigenvalue weighted by Gasteiger charge is -2.34. The molecule has 126 valence electrons. The summed E-state index contributed by atoms with van der Waals surface area (Å²) in [5.74, 6) is -1.22. The summed E-state index contributed by atoms with van der Waals surface area (Å²) in [4.78, 5) is 27.2. The lowest BCUT2D eigenvalue weighted by atomic mass is 10.1. The number of alkyl carbamates (subject to hydrolysis) is 1. The number of carbonyl (C=O) groups is 2. The predicted octanol–water partition coefficient (Wildman–Crippen LogP) is 1.25. The molecule has 1 aliphatic heterocycles. The van der Waals surface area contributed by atoms with Gasteiger partial charge in [-0.1, -0.05) is 11.8 Å². The number of carbonyl (C=O) groups excluding carboxylic acids is 2. The summed E-state index contributed by atoms with van der Waals surface area (Å²) in [5, 5.41) is 3.35. The molecule has 7 nitrogen and oxygen atoms in total. The Morgan fingerprint density at radius 1 is 1.27 bits per heavy atom. The van der Waals surface area contributed by atoms with Gasteiger partial charge in [-0.15, -0.1) is 0 Å². The molecule has 2 N–H and O–H groups in total. The van der Waals surface area contributed by atoms with Gasteiger partial charge in [0.2, 0.25) is 0 Å². The quantitative estimate of drug-likeness (QED) is 0.577. The third-order valence-corrected chi connectivity index (χ3v) is 3.34. The first-order chi connectivity index (χ1) is 10.3. The molecule has 0 radical (unpaired) electrons. The summed E-state index contributed by atoms with van der Waals surface area (Å²) in [5.41, 5.74) is -3.45. The van der Waals surface area contributed by atoms with Crippen LogP contribution in [0.4, 0.5) is 18.0 Å². The fraction of sp³-hybridized carbons (Fsp3) is 0.727. The second-order valence-corrected chi connectivity index (χ2v) is 5.06. The van der Waals surface area contributed by atoms with Gasteiger partial charge in [-0.25, -0.2) is 9.59 Å². The molecule has 0 aromatic heterocycles. The van der Waals surface area contributed by atoms with E-state index in [0.29, 0.717) is 12.3 Å². The van der Waals surface area contributed by atoms with Crippen LogP contribution in [0.25, 0.3) is 0 Å². The van der Waals surface area contributed by atoms with Gasteiger partial charge < -0.3 is 14.8 Å². The summed E-state index contributed by atoms with van der Waals surface area (Å²) in [6.45, 7) is 2.64. The largest absolute Gasteiger partial charge is 0.463 e. The average Bonchev–Trinajstić information content (AvgIpc) is 2.89. The Hall–Kier alpha value is -1.65. The minimum absolute atomic E-state index is 0.109. The van der Waals surface area contributed by atoms with E-state index in [1.54, 1.807) is 0 Å². The molecule has 1 amide bonds. The highest BCUT2D eigenvalue weighted by Gasteiger charge is 2.64. The number of esters is 1. The van der Waals surface area contributed by atoms with Crippen molar-refractivity contribution in [2.75, 3.05) is 25.5 Å². The molecule has 0 unspecified atom stereocenters. The SMILES string of the molecule is CCOC(=O)N[C@@](NC1=NCCS1)(C(=O)OCC)C(F)(F)F. The zero-order valence-electron chi connectivity index (χ0n) is 12.0. The molecular formula is C11H16F3N3O4S. The summed E-state index contributed by atoms with van der Waals surface area (Å²) < 4.78 is 49.4. The van der Waals surface area contributed by atoms with Gasteiger partial charge in [0.1, 0.15) is 0 Å². The van der Waals surface area contributed by atoms with Crippen molar-refractivity contribution in [1.29, 1.82) is 0 Å². The molecule has 1 atom stereocenters. The van der Waals surface area contributed by atoms with Gasteiger partial charge in [0.25, 0.3) is 0 Å². The van der Waals surface area contributed by atoms with Crippen molar-refractivity contribution < 1.29 is 32.2 Å². The Kier molecular flexibility index (Phi) is 6.33. The Labute approximate surface area is 129 Å². The number of nitrogens with zero attached hydrogens (tertiary/aromatic N) is 1. The van der Waals surface area contributed by atoms with Crippen LogP contribution in [0.15, 0.2) is 4.99 Å². The Bertz CT molecular complexity index is 458. The molecule has 22 heavy (non-hydrogen) atoms. The van der Waals surface area contributed by atoms with Gasteiger partial charge in [-0.2, -0.15) is 13.2 Å². The number of amides is 1. The van der Waals surface area contributed by atoms with Crippen LogP contribution < -0.4 is 10.6 Å². The van der Waals surface area contributed by atoms with Gasteiger partial charge in [0.15, 0.2) is 5.17 Å². The second-order valence-electron chi connectivity index (χ2n) is 3.97. The maximum absolute atomic E-state index is 13.5. The van der Waals surface area contributed by atoms with E-state index < -0.39 is 23.9 Å². The van der Waals surface area contributed by atoms with E-state index >= 15 is 0 Å². The van der Waals surface area contributed by atoms with Crippen molar-refractivity contribution in [3.63, 3.8) is 0 Å². The number of hydrogen-bond donors (Lipinski definition) is 2. The zero-order valence-corrected chi connectivity index (χ0v) is 12.8. The molecule has 0 aromatic carbocycles. The smallest absolute Gasteiger partial charge is 0.442 e. The minimum Gasteiger partial charge on any atom is -0.463 e. The molecule has 1 rings (SSSR count). The van der Waals surface area contributed by atoms with E-state index in [1.165, 1.54) is 19.2 Å². The first kappa shape index (κ1) is 18.4. The molecule has 0 saturated heterocycles. The van der Waals surface area contributed by atoms with E-state index in [4.69, 9.17) is 0 Å². The molecule has 11 heteroatoms. The number of thioether (sulfide) groups is 1. The third kappa shape index (κ3) is 4.18. The lowest BCUT2D eigenvalue weighted by molar-refractivity contribution is -0.215. The van der Waals surface area contributed by atoms with Crippen molar-refractivity contribution in [2.45, 2.75) is 25.7 Å². The van der Waals surface area contributed by atoms with Crippen LogP contribution in [-0.2, 0) is 14.3 Å². The van der Waals surface area contributed by atoms with Crippen LogP contribution in [0.5, 0.6) is 0 Å². The molecule has 0 spiro atoms. The molecule has 0 fully saturated rings. The number of halogens is 3. The van der Waals surface area contributed by atoms with Crippen molar-refractivity contribution >= 4 is 29.0 Å². The fourth-order valence-electron chi connectivity index (χ4n) is 1.52. The number of amidine groups is 1. The van der Waals surface area contributed by atoms with Gasteiger partial charge in [-0.05, 0) is 13.8 Å². The van der Waals surface area contributed by atoms with E-state index in [1.807, 2.05) is 5.32 Å². The summed E-state index contributed by atoms with van der Waals surface area (Å²) >= 11 is 1.00. The molecule has 0 aromatic rings. The predicted molar refractivity (Wildman–Crippen MR) is 73.5 cm³/mol. The first-order valence-corrected chi connectivity index (χ1v) is 7.39. The molecule has 1 heterocycles. The van der Waals surface area contributed by atoms with E-state index in [0.717, 1.165) is 11.8 Å². The maximum atomic E-state index is 13.5. The highest BCUT2D eigenvalue weighted by Crippen LogP contribution is 2.31. The number of nitrogens with one attached hydrogen (secondary N) is 2. The standard InChI is InChI=1S/C11H16F3N3O4S/c1-3-20-7(18)10(11(12,13)14,17-9(19)21-4-2)16-8-15-5-6-22-8/h3-6H2,1-2H3,(H,15,16)(H,17,19)/t10-/m0/s1. The molecule has 0 bridgehead atoms. The van der Waals surface area contributed by atoms with Crippen molar-refractivity contribution in [3.8, 4) is 0 Å². The van der Waals surface area contributed by atoms with Crippen LogP contribution in [0.2, 0.25) is 0 Å². The third-order valence-electron chi connectivity index (χ3n) is 2.45. The van der Waals surface area contributed by atoms with Crippen LogP contribution >= 0.6 is 11.8 Å². The highest BCUT2D eigenvalue weighted by molar-refractivity contribution is 8.14. The van der Waals surface area contributed by atoms with Crippen LogP contribution in [0, 0.1) is 0 Å². The molecule has 0 aliphatic carbocycles. The van der Waals surface area contributed by atoms with Crippen molar-refractivity contribution in [2.24, 2.45) is 4.99 Å². The van der Waals surface area contributed by atoms with Gasteiger partial charge in [0.05, 0.1) is 19.8 Å². The molecule has 0 saturated carbocycles. The van der Waals surface area contributed by atoms with Crippen molar-refractivity contribution in [3.05, 3.63) is 0 Å². The normalized spacial score (nSPS) is 17.2. The molecule has 1 aliphatic rings. The van der Waals surface area contributed by atoms with E-state index in [2.05, 4.69) is 14.5 Å². The summed E-state index contributed by atoms with van der Waals surface area (Å²) in [7, 11) is 0. The van der Waals surface area contributed by atoms with Crippen LogP contribution in [0.1, 0.15) is 13.8 Å². The lowest BCUT2D eigenvalue weighted by Crippen LogP contribution is -2.73. The molecular weight excluding hydrogens is 327 g/mol. The van der Waals surface area contributed by atoms with E-state index in [-0.39, 0.29) is 18.4 Å². The summed E-state index contributed by atoms with van der Waals surface area (Å²) in [6, 6.07) is 0. The number of ether oxygens (including phenoxy) is 2. The number of rotatable bonds is 5. The maximum Gasteiger partial charge on any atom is 0.442 e. The van der Waals surface area contributed by atoms with Crippen LogP contribution in [-0.4, -0.2) is 54.6 Å². The average molecular weight is 343 g/mol. The highest BCUT2D eigenvalue weighted by atomic mass is 32.2. The van der Waals surface area contributed by atoms with Gasteiger partial charge >= 0.3 is 23.9 Å².